The van der Waals surface area contributed by atoms with E-state index in [1.165, 1.54) is 11.3 Å². The monoisotopic (exact) mass is 483 g/mol. The number of hydrogen-bond donors (Lipinski definition) is 3. The molecule has 9 heteroatoms. The lowest BCUT2D eigenvalue weighted by Gasteiger charge is -2.21. The average molecular weight is 484 g/mol. The Morgan fingerprint density at radius 1 is 1.15 bits per heavy atom. The van der Waals surface area contributed by atoms with E-state index >= 15 is 0 Å². The number of nitrogens with zero attached hydrogens (tertiary/aromatic N) is 3. The Hall–Kier alpha value is -2.52. The molecule has 8 nitrogen and oxygen atoms in total. The standard InChI is InChI=1S/C25H33N5O3S/c1-13(2)27-20-11-14(3)17(12-26-20)22-21(25(33)30-15-7-8-16(30)10-9-15)29-24(34-22)23(32)28-18-5-4-6-19(18)31/h11-13,15-16,18-19,31H,4-10H2,1-3H3,(H,26,27)(H,28,32)/t15?,16?,18-,19-/m1/s1. The summed E-state index contributed by atoms with van der Waals surface area (Å²) in [6, 6.07) is 2.50. The quantitative estimate of drug-likeness (QED) is 0.578. The first kappa shape index (κ1) is 23.2. The molecular formula is C25H33N5O3S. The fourth-order valence-electron chi connectivity index (χ4n) is 5.62. The summed E-state index contributed by atoms with van der Waals surface area (Å²) < 4.78 is 0. The molecule has 2 aromatic rings. The predicted octanol–water partition coefficient (Wildman–Crippen LogP) is 3.74. The topological polar surface area (TPSA) is 107 Å². The van der Waals surface area contributed by atoms with Crippen LogP contribution in [0.5, 0.6) is 0 Å². The van der Waals surface area contributed by atoms with Crippen LogP contribution < -0.4 is 10.6 Å². The number of carbonyl (C=O) groups excluding carboxylic acids is 2. The van der Waals surface area contributed by atoms with E-state index in [2.05, 4.69) is 34.4 Å². The van der Waals surface area contributed by atoms with Crippen molar-refractivity contribution >= 4 is 29.0 Å². The van der Waals surface area contributed by atoms with E-state index in [1.807, 2.05) is 17.9 Å². The highest BCUT2D eigenvalue weighted by Crippen LogP contribution is 2.41. The highest BCUT2D eigenvalue weighted by Gasteiger charge is 2.44. The van der Waals surface area contributed by atoms with Gasteiger partial charge in [-0.1, -0.05) is 0 Å². The smallest absolute Gasteiger partial charge is 0.280 e. The summed E-state index contributed by atoms with van der Waals surface area (Å²) in [7, 11) is 0. The molecule has 1 aliphatic carbocycles. The maximum absolute atomic E-state index is 13.7. The Labute approximate surface area is 204 Å². The van der Waals surface area contributed by atoms with Crippen LogP contribution in [0.15, 0.2) is 12.3 Å². The number of aliphatic hydroxyl groups is 1. The van der Waals surface area contributed by atoms with Gasteiger partial charge in [0, 0.05) is 29.9 Å². The van der Waals surface area contributed by atoms with Crippen molar-refractivity contribution in [3.05, 3.63) is 28.5 Å². The molecule has 4 heterocycles. The van der Waals surface area contributed by atoms with Gasteiger partial charge >= 0.3 is 0 Å². The van der Waals surface area contributed by atoms with Crippen LogP contribution >= 0.6 is 11.3 Å². The number of nitrogens with one attached hydrogen (secondary N) is 2. The molecule has 34 heavy (non-hydrogen) atoms. The van der Waals surface area contributed by atoms with Gasteiger partial charge in [0.05, 0.1) is 17.0 Å². The number of aromatic nitrogens is 2. The maximum atomic E-state index is 13.7. The summed E-state index contributed by atoms with van der Waals surface area (Å²) in [6.45, 7) is 6.10. The molecule has 5 rings (SSSR count). The molecule has 0 spiro atoms. The maximum Gasteiger partial charge on any atom is 0.280 e. The van der Waals surface area contributed by atoms with E-state index in [0.29, 0.717) is 17.0 Å². The normalized spacial score (nSPS) is 25.9. The van der Waals surface area contributed by atoms with Crippen LogP contribution in [0.4, 0.5) is 5.82 Å². The third-order valence-electron chi connectivity index (χ3n) is 7.30. The Kier molecular flexibility index (Phi) is 6.33. The molecule has 2 atom stereocenters. The number of amides is 2. The second kappa shape index (κ2) is 9.26. The fourth-order valence-corrected chi connectivity index (χ4v) is 6.65. The number of hydrogen-bond acceptors (Lipinski definition) is 7. The van der Waals surface area contributed by atoms with Crippen molar-refractivity contribution in [1.82, 2.24) is 20.2 Å². The number of aliphatic hydroxyl groups excluding tert-OH is 1. The van der Waals surface area contributed by atoms with Crippen LogP contribution in [0.1, 0.15) is 84.6 Å². The van der Waals surface area contributed by atoms with Gasteiger partial charge in [-0.15, -0.1) is 11.3 Å². The van der Waals surface area contributed by atoms with Gasteiger partial charge in [0.2, 0.25) is 0 Å². The third-order valence-corrected chi connectivity index (χ3v) is 8.39. The number of anilines is 1. The molecule has 3 N–H and O–H groups in total. The van der Waals surface area contributed by atoms with Crippen LogP contribution in [-0.4, -0.2) is 62.1 Å². The number of aryl methyl sites for hydroxylation is 1. The highest BCUT2D eigenvalue weighted by atomic mass is 32.1. The molecule has 2 aromatic heterocycles. The van der Waals surface area contributed by atoms with E-state index in [0.717, 1.165) is 55.5 Å². The van der Waals surface area contributed by atoms with E-state index < -0.39 is 6.10 Å². The van der Waals surface area contributed by atoms with E-state index in [4.69, 9.17) is 0 Å². The van der Waals surface area contributed by atoms with Crippen molar-refractivity contribution in [1.29, 1.82) is 0 Å². The number of pyridine rings is 1. The van der Waals surface area contributed by atoms with Crippen molar-refractivity contribution in [3.63, 3.8) is 0 Å². The summed E-state index contributed by atoms with van der Waals surface area (Å²) >= 11 is 1.24. The van der Waals surface area contributed by atoms with E-state index in [9.17, 15) is 14.7 Å². The molecule has 2 bridgehead atoms. The summed E-state index contributed by atoms with van der Waals surface area (Å²) in [5, 5.41) is 16.6. The van der Waals surface area contributed by atoms with Gasteiger partial charge in [-0.05, 0) is 77.3 Å². The zero-order chi connectivity index (χ0) is 24.0. The van der Waals surface area contributed by atoms with Gasteiger partial charge in [-0.3, -0.25) is 9.59 Å². The minimum absolute atomic E-state index is 0.0833. The number of carbonyl (C=O) groups is 2. The van der Waals surface area contributed by atoms with Crippen molar-refractivity contribution < 1.29 is 14.7 Å². The zero-order valence-electron chi connectivity index (χ0n) is 20.0. The largest absolute Gasteiger partial charge is 0.391 e. The minimum atomic E-state index is -0.530. The average Bonchev–Trinajstić information content (AvgIpc) is 3.57. The van der Waals surface area contributed by atoms with Crippen molar-refractivity contribution in [2.45, 2.75) is 96.0 Å². The molecule has 2 saturated heterocycles. The molecule has 2 amide bonds. The van der Waals surface area contributed by atoms with Crippen LogP contribution in [0, 0.1) is 6.92 Å². The van der Waals surface area contributed by atoms with Crippen LogP contribution in [0.25, 0.3) is 10.4 Å². The van der Waals surface area contributed by atoms with Crippen molar-refractivity contribution in [2.24, 2.45) is 0 Å². The molecule has 3 aliphatic rings. The van der Waals surface area contributed by atoms with Gasteiger partial charge in [-0.25, -0.2) is 9.97 Å². The zero-order valence-corrected chi connectivity index (χ0v) is 20.8. The molecule has 3 fully saturated rings. The molecule has 182 valence electrons. The summed E-state index contributed by atoms with van der Waals surface area (Å²) in [5.74, 6) is 0.365. The molecule has 0 unspecified atom stereocenters. The highest BCUT2D eigenvalue weighted by molar-refractivity contribution is 7.17. The van der Waals surface area contributed by atoms with E-state index in [1.54, 1.807) is 6.20 Å². The first-order valence-electron chi connectivity index (χ1n) is 12.4. The molecule has 2 aliphatic heterocycles. The number of rotatable bonds is 6. The number of thiazole rings is 1. The summed E-state index contributed by atoms with van der Waals surface area (Å²) in [4.78, 5) is 38.6. The lowest BCUT2D eigenvalue weighted by Crippen LogP contribution is -2.40. The molecule has 1 saturated carbocycles. The van der Waals surface area contributed by atoms with Crippen molar-refractivity contribution in [3.8, 4) is 10.4 Å². The van der Waals surface area contributed by atoms with E-state index in [-0.39, 0.29) is 41.0 Å². The second-order valence-corrected chi connectivity index (χ2v) is 11.1. The fraction of sp³-hybridized carbons (Fsp3) is 0.600. The van der Waals surface area contributed by atoms with Crippen molar-refractivity contribution in [2.75, 3.05) is 5.32 Å². The van der Waals surface area contributed by atoms with Crippen LogP contribution in [0.3, 0.4) is 0 Å². The lowest BCUT2D eigenvalue weighted by atomic mass is 10.0. The number of fused-ring (bicyclic) bond motifs is 2. The molecular weight excluding hydrogens is 450 g/mol. The summed E-state index contributed by atoms with van der Waals surface area (Å²) in [6.07, 6.45) is 7.73. The Morgan fingerprint density at radius 2 is 1.85 bits per heavy atom. The SMILES string of the molecule is Cc1cc(NC(C)C)ncc1-c1sc(C(=O)N[C@@H]2CCC[C@H]2O)nc1C(=O)N1C2CCC1CC2. The predicted molar refractivity (Wildman–Crippen MR) is 132 cm³/mol. The Bertz CT molecular complexity index is 1080. The molecule has 0 aromatic carbocycles. The first-order chi connectivity index (χ1) is 16.3. The van der Waals surface area contributed by atoms with Crippen LogP contribution in [0.2, 0.25) is 0 Å². The minimum Gasteiger partial charge on any atom is -0.391 e. The van der Waals surface area contributed by atoms with Gasteiger partial charge < -0.3 is 20.6 Å². The Balaban J connectivity index is 1.50. The van der Waals surface area contributed by atoms with Gasteiger partial charge in [0.25, 0.3) is 11.8 Å². The first-order valence-corrected chi connectivity index (χ1v) is 13.2. The second-order valence-electron chi connectivity index (χ2n) is 10.1. The van der Waals surface area contributed by atoms with Crippen LogP contribution in [-0.2, 0) is 0 Å². The van der Waals surface area contributed by atoms with Gasteiger partial charge in [0.15, 0.2) is 5.01 Å². The van der Waals surface area contributed by atoms with Gasteiger partial charge in [0.1, 0.15) is 11.5 Å². The lowest BCUT2D eigenvalue weighted by molar-refractivity contribution is 0.0725. The third kappa shape index (κ3) is 4.31. The Morgan fingerprint density at radius 3 is 2.44 bits per heavy atom. The molecule has 0 radical (unpaired) electrons. The van der Waals surface area contributed by atoms with Gasteiger partial charge in [-0.2, -0.15) is 0 Å². The summed E-state index contributed by atoms with van der Waals surface area (Å²) in [5.41, 5.74) is 2.13.